The second-order valence-corrected chi connectivity index (χ2v) is 2.75. The Morgan fingerprint density at radius 1 is 1.55 bits per heavy atom. The molecule has 0 bridgehead atoms. The molecule has 0 heterocycles. The molecule has 2 heteroatoms. The number of hydrogen-bond acceptors (Lipinski definition) is 0. The van der Waals surface area contributed by atoms with Crippen LogP contribution in [0.1, 0.15) is 11.1 Å². The minimum Gasteiger partial charge on any atom is -0.207 e. The average molecular weight is 215 g/mol. The van der Waals surface area contributed by atoms with E-state index in [9.17, 15) is 4.39 Å². The number of benzene rings is 1. The maximum absolute atomic E-state index is 13.0. The summed E-state index contributed by atoms with van der Waals surface area (Å²) in [7, 11) is 0. The van der Waals surface area contributed by atoms with Crippen molar-refractivity contribution in [2.45, 2.75) is 5.33 Å². The van der Waals surface area contributed by atoms with Crippen molar-refractivity contribution in [3.05, 3.63) is 41.7 Å². The van der Waals surface area contributed by atoms with E-state index in [0.717, 1.165) is 5.56 Å². The lowest BCUT2D eigenvalue weighted by Gasteiger charge is -1.98. The fraction of sp³-hybridized carbons (Fsp3) is 0.111. The van der Waals surface area contributed by atoms with Gasteiger partial charge in [0.2, 0.25) is 0 Å². The van der Waals surface area contributed by atoms with Crippen molar-refractivity contribution in [2.24, 2.45) is 0 Å². The third kappa shape index (κ3) is 1.90. The summed E-state index contributed by atoms with van der Waals surface area (Å²) >= 11 is 3.19. The molecule has 1 aromatic rings. The first-order valence-corrected chi connectivity index (χ1v) is 4.37. The lowest BCUT2D eigenvalue weighted by Crippen LogP contribution is -1.85. The third-order valence-electron chi connectivity index (χ3n) is 1.46. The van der Waals surface area contributed by atoms with Gasteiger partial charge in [0.05, 0.1) is 0 Å². The molecule has 0 unspecified atom stereocenters. The number of hydrogen-bond donors (Lipinski definition) is 0. The molecule has 0 radical (unpaired) electrons. The second kappa shape index (κ2) is 3.67. The first kappa shape index (κ1) is 8.47. The fourth-order valence-corrected chi connectivity index (χ4v) is 1.25. The molecule has 0 amide bonds. The Hall–Kier alpha value is -0.630. The van der Waals surface area contributed by atoms with Gasteiger partial charge in [-0.2, -0.15) is 0 Å². The molecule has 0 fully saturated rings. The predicted molar refractivity (Wildman–Crippen MR) is 49.1 cm³/mol. The molecule has 1 aromatic carbocycles. The van der Waals surface area contributed by atoms with Crippen LogP contribution in [-0.2, 0) is 5.33 Å². The Labute approximate surface area is 73.9 Å². The minimum atomic E-state index is -0.181. The molecule has 0 aliphatic heterocycles. The van der Waals surface area contributed by atoms with Crippen molar-refractivity contribution in [1.29, 1.82) is 0 Å². The normalized spacial score (nSPS) is 9.64. The van der Waals surface area contributed by atoms with Crippen LogP contribution in [-0.4, -0.2) is 0 Å². The van der Waals surface area contributed by atoms with Crippen molar-refractivity contribution in [3.8, 4) is 0 Å². The van der Waals surface area contributed by atoms with Crippen LogP contribution in [0.25, 0.3) is 6.08 Å². The molecule has 0 saturated heterocycles. The molecule has 11 heavy (non-hydrogen) atoms. The van der Waals surface area contributed by atoms with Crippen LogP contribution in [0.5, 0.6) is 0 Å². The molecule has 0 spiro atoms. The molecule has 0 aromatic heterocycles. The molecule has 0 atom stereocenters. The van der Waals surface area contributed by atoms with Crippen molar-refractivity contribution in [1.82, 2.24) is 0 Å². The van der Waals surface area contributed by atoms with Crippen LogP contribution in [0.3, 0.4) is 0 Å². The van der Waals surface area contributed by atoms with E-state index in [1.807, 2.05) is 6.07 Å². The molecule has 0 aliphatic rings. The smallest absolute Gasteiger partial charge is 0.127 e. The maximum Gasteiger partial charge on any atom is 0.127 e. The molecule has 58 valence electrons. The van der Waals surface area contributed by atoms with Gasteiger partial charge in [-0.15, -0.1) is 0 Å². The SMILES string of the molecule is C=Cc1ccc(CBr)c(F)c1. The second-order valence-electron chi connectivity index (χ2n) is 2.19. The first-order chi connectivity index (χ1) is 5.27. The third-order valence-corrected chi connectivity index (χ3v) is 2.06. The predicted octanol–water partition coefficient (Wildman–Crippen LogP) is 3.36. The van der Waals surface area contributed by atoms with Gasteiger partial charge in [0, 0.05) is 5.33 Å². The zero-order chi connectivity index (χ0) is 8.27. The highest BCUT2D eigenvalue weighted by molar-refractivity contribution is 9.08. The zero-order valence-electron chi connectivity index (χ0n) is 5.98. The molecular formula is C9H8BrF. The van der Waals surface area contributed by atoms with E-state index in [1.54, 1.807) is 12.1 Å². The van der Waals surface area contributed by atoms with Crippen LogP contribution in [0.2, 0.25) is 0 Å². The van der Waals surface area contributed by atoms with Gasteiger partial charge in [-0.05, 0) is 17.2 Å². The Bertz CT molecular complexity index is 268. The Kier molecular flexibility index (Phi) is 2.83. The quantitative estimate of drug-likeness (QED) is 0.663. The van der Waals surface area contributed by atoms with Crippen molar-refractivity contribution < 1.29 is 4.39 Å². The Balaban J connectivity index is 3.09. The van der Waals surface area contributed by atoms with Gasteiger partial charge < -0.3 is 0 Å². The van der Waals surface area contributed by atoms with Crippen LogP contribution >= 0.6 is 15.9 Å². The number of rotatable bonds is 2. The molecule has 0 nitrogen and oxygen atoms in total. The minimum absolute atomic E-state index is 0.181. The van der Waals surface area contributed by atoms with E-state index >= 15 is 0 Å². The van der Waals surface area contributed by atoms with Crippen molar-refractivity contribution >= 4 is 22.0 Å². The van der Waals surface area contributed by atoms with Gasteiger partial charge in [0.15, 0.2) is 0 Å². The van der Waals surface area contributed by atoms with Crippen LogP contribution in [0.15, 0.2) is 24.8 Å². The number of alkyl halides is 1. The monoisotopic (exact) mass is 214 g/mol. The van der Waals surface area contributed by atoms with Crippen LogP contribution in [0.4, 0.5) is 4.39 Å². The summed E-state index contributed by atoms with van der Waals surface area (Å²) in [4.78, 5) is 0. The lowest BCUT2D eigenvalue weighted by molar-refractivity contribution is 0.617. The molecular weight excluding hydrogens is 207 g/mol. The zero-order valence-corrected chi connectivity index (χ0v) is 7.57. The summed E-state index contributed by atoms with van der Waals surface area (Å²) in [5.74, 6) is -0.181. The van der Waals surface area contributed by atoms with Crippen LogP contribution in [0, 0.1) is 5.82 Å². The standard InChI is InChI=1S/C9H8BrF/c1-2-7-3-4-8(6-10)9(11)5-7/h2-5H,1,6H2. The summed E-state index contributed by atoms with van der Waals surface area (Å²) in [5, 5.41) is 0.552. The Morgan fingerprint density at radius 3 is 2.73 bits per heavy atom. The van der Waals surface area contributed by atoms with Crippen LogP contribution < -0.4 is 0 Å². The van der Waals surface area contributed by atoms with Gasteiger partial charge in [-0.3, -0.25) is 0 Å². The molecule has 0 aliphatic carbocycles. The summed E-state index contributed by atoms with van der Waals surface area (Å²) in [6, 6.07) is 5.07. The van der Waals surface area contributed by atoms with Crippen molar-refractivity contribution in [2.75, 3.05) is 0 Å². The van der Waals surface area contributed by atoms with Gasteiger partial charge in [-0.25, -0.2) is 4.39 Å². The van der Waals surface area contributed by atoms with Gasteiger partial charge in [0.25, 0.3) is 0 Å². The summed E-state index contributed by atoms with van der Waals surface area (Å²) < 4.78 is 13.0. The van der Waals surface area contributed by atoms with E-state index in [-0.39, 0.29) is 5.82 Å². The summed E-state index contributed by atoms with van der Waals surface area (Å²) in [6.45, 7) is 3.55. The largest absolute Gasteiger partial charge is 0.207 e. The summed E-state index contributed by atoms with van der Waals surface area (Å²) in [6.07, 6.45) is 1.63. The topological polar surface area (TPSA) is 0 Å². The molecule has 0 N–H and O–H groups in total. The van der Waals surface area contributed by atoms with Crippen molar-refractivity contribution in [3.63, 3.8) is 0 Å². The van der Waals surface area contributed by atoms with E-state index in [4.69, 9.17) is 0 Å². The van der Waals surface area contributed by atoms with E-state index in [1.165, 1.54) is 6.07 Å². The fourth-order valence-electron chi connectivity index (χ4n) is 0.799. The van der Waals surface area contributed by atoms with E-state index in [2.05, 4.69) is 22.5 Å². The van der Waals surface area contributed by atoms with Gasteiger partial charge in [0.1, 0.15) is 5.82 Å². The highest BCUT2D eigenvalue weighted by Crippen LogP contribution is 2.13. The van der Waals surface area contributed by atoms with Gasteiger partial charge >= 0.3 is 0 Å². The van der Waals surface area contributed by atoms with Gasteiger partial charge in [-0.1, -0.05) is 40.7 Å². The number of halogens is 2. The highest BCUT2D eigenvalue weighted by Gasteiger charge is 1.98. The lowest BCUT2D eigenvalue weighted by atomic mass is 10.1. The summed E-state index contributed by atoms with van der Waals surface area (Å²) in [5.41, 5.74) is 1.49. The highest BCUT2D eigenvalue weighted by atomic mass is 79.9. The molecule has 1 rings (SSSR count). The first-order valence-electron chi connectivity index (χ1n) is 3.24. The Morgan fingerprint density at radius 2 is 2.27 bits per heavy atom. The average Bonchev–Trinajstić information content (AvgIpc) is 2.04. The van der Waals surface area contributed by atoms with E-state index < -0.39 is 0 Å². The maximum atomic E-state index is 13.0. The van der Waals surface area contributed by atoms with E-state index in [0.29, 0.717) is 10.9 Å². The molecule has 0 saturated carbocycles.